The SMILES string of the molecule is CC.CC.CC(=O)C(NC(=O)OCc1cc(F)cc(F)c1)C(C)(C)C. The molecule has 0 heterocycles. The molecule has 0 bridgehead atoms. The Morgan fingerprint density at radius 1 is 1.04 bits per heavy atom. The zero-order valence-corrected chi connectivity index (χ0v) is 16.5. The third-order valence-corrected chi connectivity index (χ3v) is 2.83. The number of carbonyl (C=O) groups is 2. The highest BCUT2D eigenvalue weighted by Gasteiger charge is 2.30. The summed E-state index contributed by atoms with van der Waals surface area (Å²) in [6, 6.07) is 2.18. The number of nitrogens with one attached hydrogen (secondary N) is 1. The number of halogens is 2. The van der Waals surface area contributed by atoms with Crippen LogP contribution in [0.25, 0.3) is 0 Å². The lowest BCUT2D eigenvalue weighted by Gasteiger charge is -2.28. The highest BCUT2D eigenvalue weighted by atomic mass is 19.1. The summed E-state index contributed by atoms with van der Waals surface area (Å²) >= 11 is 0. The fourth-order valence-corrected chi connectivity index (χ4v) is 1.93. The molecule has 25 heavy (non-hydrogen) atoms. The quantitative estimate of drug-likeness (QED) is 0.799. The Morgan fingerprint density at radius 2 is 1.48 bits per heavy atom. The second-order valence-corrected chi connectivity index (χ2v) is 5.91. The number of amides is 1. The van der Waals surface area contributed by atoms with E-state index < -0.39 is 29.2 Å². The van der Waals surface area contributed by atoms with Gasteiger partial charge in [-0.1, -0.05) is 48.5 Å². The Kier molecular flexibility index (Phi) is 12.5. The van der Waals surface area contributed by atoms with Crippen LogP contribution in [0, 0.1) is 17.0 Å². The van der Waals surface area contributed by atoms with E-state index in [9.17, 15) is 18.4 Å². The van der Waals surface area contributed by atoms with Crippen molar-refractivity contribution in [2.75, 3.05) is 0 Å². The van der Waals surface area contributed by atoms with Gasteiger partial charge in [0, 0.05) is 6.07 Å². The molecule has 1 aromatic carbocycles. The fraction of sp³-hybridized carbons (Fsp3) is 0.579. The van der Waals surface area contributed by atoms with Crippen molar-refractivity contribution < 1.29 is 23.1 Å². The van der Waals surface area contributed by atoms with Gasteiger partial charge in [-0.05, 0) is 30.0 Å². The first-order valence-corrected chi connectivity index (χ1v) is 8.48. The molecule has 6 heteroatoms. The highest BCUT2D eigenvalue weighted by molar-refractivity contribution is 5.86. The smallest absolute Gasteiger partial charge is 0.408 e. The Bertz CT molecular complexity index is 520. The van der Waals surface area contributed by atoms with Crippen molar-refractivity contribution in [3.8, 4) is 0 Å². The average molecular weight is 359 g/mol. The van der Waals surface area contributed by atoms with E-state index in [0.29, 0.717) is 0 Å². The van der Waals surface area contributed by atoms with Gasteiger partial charge >= 0.3 is 6.09 Å². The molecule has 1 amide bonds. The molecule has 0 fully saturated rings. The minimum atomic E-state index is -0.810. The third-order valence-electron chi connectivity index (χ3n) is 2.83. The number of benzene rings is 1. The van der Waals surface area contributed by atoms with Crippen LogP contribution in [0.5, 0.6) is 0 Å². The molecule has 144 valence electrons. The summed E-state index contributed by atoms with van der Waals surface area (Å²) in [6.07, 6.45) is -0.810. The fourth-order valence-electron chi connectivity index (χ4n) is 1.93. The van der Waals surface area contributed by atoms with E-state index >= 15 is 0 Å². The van der Waals surface area contributed by atoms with Gasteiger partial charge < -0.3 is 10.1 Å². The normalized spacial score (nSPS) is 11.1. The van der Waals surface area contributed by atoms with Crippen molar-refractivity contribution in [1.82, 2.24) is 5.32 Å². The van der Waals surface area contributed by atoms with Crippen LogP contribution >= 0.6 is 0 Å². The van der Waals surface area contributed by atoms with Crippen molar-refractivity contribution in [2.24, 2.45) is 5.41 Å². The van der Waals surface area contributed by atoms with E-state index in [1.54, 1.807) is 20.8 Å². The van der Waals surface area contributed by atoms with E-state index in [1.807, 2.05) is 27.7 Å². The van der Waals surface area contributed by atoms with Gasteiger partial charge in [0.2, 0.25) is 0 Å². The topological polar surface area (TPSA) is 55.4 Å². The molecule has 1 rings (SSSR count). The van der Waals surface area contributed by atoms with Crippen LogP contribution in [0.1, 0.15) is 61.0 Å². The molecule has 1 N–H and O–H groups in total. The third kappa shape index (κ3) is 10.5. The zero-order chi connectivity index (χ0) is 20.2. The first kappa shape index (κ1) is 25.3. The molecule has 1 unspecified atom stereocenters. The van der Waals surface area contributed by atoms with Crippen LogP contribution in [-0.4, -0.2) is 17.9 Å². The molecule has 0 spiro atoms. The van der Waals surface area contributed by atoms with Crippen LogP contribution in [0.2, 0.25) is 0 Å². The maximum absolute atomic E-state index is 13.0. The number of ketones is 1. The minimum absolute atomic E-state index is 0.192. The van der Waals surface area contributed by atoms with E-state index in [0.717, 1.165) is 18.2 Å². The number of Topliss-reactive ketones (excluding diaryl/α,β-unsaturated/α-hetero) is 1. The molecule has 0 aliphatic carbocycles. The standard InChI is InChI=1S/C15H19F2NO3.2C2H6/c1-9(19)13(15(2,3)4)18-14(20)21-8-10-5-11(16)7-12(17)6-10;2*1-2/h5-7,13H,8H2,1-4H3,(H,18,20);2*1-2H3. The summed E-state index contributed by atoms with van der Waals surface area (Å²) in [5.74, 6) is -1.69. The summed E-state index contributed by atoms with van der Waals surface area (Å²) in [6.45, 7) is 14.5. The highest BCUT2D eigenvalue weighted by Crippen LogP contribution is 2.20. The molecule has 1 atom stereocenters. The molecule has 0 radical (unpaired) electrons. The van der Waals surface area contributed by atoms with Gasteiger partial charge in [0.15, 0.2) is 5.78 Å². The first-order chi connectivity index (χ1) is 11.6. The molecular weight excluding hydrogens is 328 g/mol. The van der Waals surface area contributed by atoms with Crippen molar-refractivity contribution in [2.45, 2.75) is 68.0 Å². The Labute approximate surface area is 150 Å². The van der Waals surface area contributed by atoms with Crippen molar-refractivity contribution >= 4 is 11.9 Å². The number of hydrogen-bond acceptors (Lipinski definition) is 3. The number of rotatable bonds is 4. The first-order valence-electron chi connectivity index (χ1n) is 8.48. The minimum Gasteiger partial charge on any atom is -0.445 e. The van der Waals surface area contributed by atoms with Gasteiger partial charge in [-0.15, -0.1) is 0 Å². The van der Waals surface area contributed by atoms with Crippen LogP contribution in [0.15, 0.2) is 18.2 Å². The lowest BCUT2D eigenvalue weighted by atomic mass is 9.85. The van der Waals surface area contributed by atoms with Gasteiger partial charge in [0.25, 0.3) is 0 Å². The molecule has 0 aromatic heterocycles. The molecule has 0 aliphatic heterocycles. The average Bonchev–Trinajstić information content (AvgIpc) is 2.52. The van der Waals surface area contributed by atoms with Gasteiger partial charge in [0.1, 0.15) is 18.2 Å². The van der Waals surface area contributed by atoms with Gasteiger partial charge in [-0.3, -0.25) is 4.79 Å². The second-order valence-electron chi connectivity index (χ2n) is 5.91. The summed E-state index contributed by atoms with van der Waals surface area (Å²) in [5.41, 5.74) is -0.270. The summed E-state index contributed by atoms with van der Waals surface area (Å²) < 4.78 is 30.8. The molecule has 0 saturated carbocycles. The number of alkyl carbamates (subject to hydrolysis) is 1. The monoisotopic (exact) mass is 359 g/mol. The van der Waals surface area contributed by atoms with Crippen molar-refractivity contribution in [3.63, 3.8) is 0 Å². The van der Waals surface area contributed by atoms with Gasteiger partial charge in [-0.2, -0.15) is 0 Å². The summed E-state index contributed by atoms with van der Waals surface area (Å²) in [7, 11) is 0. The van der Waals surface area contributed by atoms with Gasteiger partial charge in [0.05, 0.1) is 6.04 Å². The number of carbonyl (C=O) groups excluding carboxylic acids is 2. The molecule has 0 saturated heterocycles. The second kappa shape index (κ2) is 12.4. The van der Waals surface area contributed by atoms with Crippen LogP contribution in [0.4, 0.5) is 13.6 Å². The Morgan fingerprint density at radius 3 is 1.84 bits per heavy atom. The lowest BCUT2D eigenvalue weighted by Crippen LogP contribution is -2.48. The van der Waals surface area contributed by atoms with Gasteiger partial charge in [-0.25, -0.2) is 13.6 Å². The van der Waals surface area contributed by atoms with Crippen LogP contribution in [0.3, 0.4) is 0 Å². The van der Waals surface area contributed by atoms with Crippen LogP contribution in [-0.2, 0) is 16.1 Å². The predicted molar refractivity (Wildman–Crippen MR) is 96.3 cm³/mol. The van der Waals surface area contributed by atoms with E-state index in [1.165, 1.54) is 6.92 Å². The summed E-state index contributed by atoms with van der Waals surface area (Å²) in [4.78, 5) is 23.2. The maximum Gasteiger partial charge on any atom is 0.408 e. The lowest BCUT2D eigenvalue weighted by molar-refractivity contribution is -0.121. The molecule has 1 aromatic rings. The van der Waals surface area contributed by atoms with E-state index in [-0.39, 0.29) is 18.0 Å². The summed E-state index contributed by atoms with van der Waals surface area (Å²) in [5, 5.41) is 2.46. The van der Waals surface area contributed by atoms with Crippen molar-refractivity contribution in [3.05, 3.63) is 35.4 Å². The van der Waals surface area contributed by atoms with E-state index in [2.05, 4.69) is 5.32 Å². The zero-order valence-electron chi connectivity index (χ0n) is 16.5. The van der Waals surface area contributed by atoms with E-state index in [4.69, 9.17) is 4.74 Å². The number of hydrogen-bond donors (Lipinski definition) is 1. The van der Waals surface area contributed by atoms with Crippen molar-refractivity contribution in [1.29, 1.82) is 0 Å². The molecular formula is C19H31F2NO3. The van der Waals surface area contributed by atoms with Crippen LogP contribution < -0.4 is 5.32 Å². The largest absolute Gasteiger partial charge is 0.445 e. The Balaban J connectivity index is 0. The Hall–Kier alpha value is -1.98. The predicted octanol–water partition coefficient (Wildman–Crippen LogP) is 5.25. The number of ether oxygens (including phenoxy) is 1. The maximum atomic E-state index is 13.0. The molecule has 4 nitrogen and oxygen atoms in total. The molecule has 0 aliphatic rings.